The van der Waals surface area contributed by atoms with Crippen LogP contribution in [0.2, 0.25) is 0 Å². The molecule has 0 unspecified atom stereocenters. The SMILES string of the molecule is O=S(=O)(NC1CCN(CCCOc2ccc(F)cc2)CC1)c1cccs1. The van der Waals surface area contributed by atoms with Gasteiger partial charge < -0.3 is 9.64 Å². The van der Waals surface area contributed by atoms with E-state index >= 15 is 0 Å². The average molecular weight is 399 g/mol. The molecule has 0 amide bonds. The van der Waals surface area contributed by atoms with Gasteiger partial charge in [0.15, 0.2) is 0 Å². The number of nitrogens with zero attached hydrogens (tertiary/aromatic N) is 1. The van der Waals surface area contributed by atoms with Crippen molar-refractivity contribution in [1.29, 1.82) is 0 Å². The normalized spacial score (nSPS) is 16.7. The topological polar surface area (TPSA) is 58.6 Å². The van der Waals surface area contributed by atoms with Crippen LogP contribution in [0.15, 0.2) is 46.0 Å². The first-order valence-electron chi connectivity index (χ1n) is 8.69. The quantitative estimate of drug-likeness (QED) is 0.694. The van der Waals surface area contributed by atoms with Crippen LogP contribution in [0.4, 0.5) is 4.39 Å². The molecule has 0 saturated carbocycles. The molecule has 1 aliphatic heterocycles. The third kappa shape index (κ3) is 5.51. The Hall–Kier alpha value is -1.48. The molecule has 1 aliphatic rings. The van der Waals surface area contributed by atoms with Gasteiger partial charge in [-0.1, -0.05) is 6.07 Å². The van der Waals surface area contributed by atoms with Crippen molar-refractivity contribution >= 4 is 21.4 Å². The van der Waals surface area contributed by atoms with E-state index in [0.29, 0.717) is 16.6 Å². The molecule has 0 aliphatic carbocycles. The lowest BCUT2D eigenvalue weighted by Gasteiger charge is -2.32. The number of rotatable bonds is 8. The number of piperidine rings is 1. The van der Waals surface area contributed by atoms with E-state index in [2.05, 4.69) is 9.62 Å². The fourth-order valence-electron chi connectivity index (χ4n) is 2.98. The molecule has 2 aromatic rings. The second-order valence-corrected chi connectivity index (χ2v) is 9.21. The Labute approximate surface area is 157 Å². The predicted molar refractivity (Wildman–Crippen MR) is 101 cm³/mol. The van der Waals surface area contributed by atoms with Gasteiger partial charge in [-0.15, -0.1) is 11.3 Å². The number of benzene rings is 1. The number of thiophene rings is 1. The van der Waals surface area contributed by atoms with E-state index in [9.17, 15) is 12.8 Å². The van der Waals surface area contributed by atoms with E-state index in [1.165, 1.54) is 23.5 Å². The van der Waals surface area contributed by atoms with Gasteiger partial charge >= 0.3 is 0 Å². The minimum atomic E-state index is -3.39. The molecule has 0 atom stereocenters. The molecule has 2 heterocycles. The number of hydrogen-bond donors (Lipinski definition) is 1. The van der Waals surface area contributed by atoms with Gasteiger partial charge in [0, 0.05) is 12.6 Å². The number of sulfonamides is 1. The summed E-state index contributed by atoms with van der Waals surface area (Å²) in [5.41, 5.74) is 0. The first kappa shape index (κ1) is 19.3. The van der Waals surface area contributed by atoms with Crippen molar-refractivity contribution in [3.05, 3.63) is 47.6 Å². The number of halogens is 1. The number of ether oxygens (including phenoxy) is 1. The third-order valence-corrected chi connectivity index (χ3v) is 7.29. The largest absolute Gasteiger partial charge is 0.494 e. The minimum absolute atomic E-state index is 0.00573. The summed E-state index contributed by atoms with van der Waals surface area (Å²) in [7, 11) is -3.39. The Kier molecular flexibility index (Phi) is 6.63. The molecule has 1 fully saturated rings. The maximum Gasteiger partial charge on any atom is 0.250 e. The van der Waals surface area contributed by atoms with Crippen LogP contribution < -0.4 is 9.46 Å². The lowest BCUT2D eigenvalue weighted by atomic mass is 10.1. The molecule has 142 valence electrons. The van der Waals surface area contributed by atoms with Gasteiger partial charge in [0.25, 0.3) is 0 Å². The van der Waals surface area contributed by atoms with Gasteiger partial charge in [0.2, 0.25) is 10.0 Å². The molecule has 1 aromatic heterocycles. The molecule has 0 bridgehead atoms. The first-order chi connectivity index (χ1) is 12.5. The molecule has 1 aromatic carbocycles. The smallest absolute Gasteiger partial charge is 0.250 e. The van der Waals surface area contributed by atoms with Crippen LogP contribution in [0.3, 0.4) is 0 Å². The van der Waals surface area contributed by atoms with Crippen molar-refractivity contribution in [3.63, 3.8) is 0 Å². The molecule has 0 spiro atoms. The Balaban J connectivity index is 1.34. The number of likely N-dealkylation sites (tertiary alicyclic amines) is 1. The molecule has 5 nitrogen and oxygen atoms in total. The standard InChI is InChI=1S/C18H23FN2O3S2/c19-15-4-6-17(7-5-15)24-13-2-10-21-11-8-16(9-12-21)20-26(22,23)18-3-1-14-25-18/h1,3-7,14,16,20H,2,8-13H2. The number of hydrogen-bond acceptors (Lipinski definition) is 5. The zero-order chi connectivity index (χ0) is 18.4. The maximum absolute atomic E-state index is 12.8. The molecule has 8 heteroatoms. The van der Waals surface area contributed by atoms with Crippen LogP contribution in [-0.2, 0) is 10.0 Å². The van der Waals surface area contributed by atoms with Crippen LogP contribution in [0, 0.1) is 5.82 Å². The predicted octanol–water partition coefficient (Wildman–Crippen LogP) is 3.10. The van der Waals surface area contributed by atoms with Crippen LogP contribution >= 0.6 is 11.3 Å². The van der Waals surface area contributed by atoms with Gasteiger partial charge in [-0.05, 0) is 68.1 Å². The van der Waals surface area contributed by atoms with E-state index in [1.54, 1.807) is 29.6 Å². The summed E-state index contributed by atoms with van der Waals surface area (Å²) in [5, 5.41) is 1.77. The maximum atomic E-state index is 12.8. The van der Waals surface area contributed by atoms with Crippen LogP contribution in [0.5, 0.6) is 5.75 Å². The van der Waals surface area contributed by atoms with Gasteiger partial charge in [-0.2, -0.15) is 0 Å². The van der Waals surface area contributed by atoms with E-state index in [0.717, 1.165) is 38.9 Å². The van der Waals surface area contributed by atoms with Crippen molar-refractivity contribution < 1.29 is 17.5 Å². The summed E-state index contributed by atoms with van der Waals surface area (Å²) in [6.07, 6.45) is 2.50. The highest BCUT2D eigenvalue weighted by molar-refractivity contribution is 7.91. The summed E-state index contributed by atoms with van der Waals surface area (Å²) < 4.78 is 46.1. The Morgan fingerprint density at radius 3 is 2.58 bits per heavy atom. The second kappa shape index (κ2) is 8.94. The molecule has 26 heavy (non-hydrogen) atoms. The van der Waals surface area contributed by atoms with Crippen LogP contribution in [-0.4, -0.2) is 45.6 Å². The van der Waals surface area contributed by atoms with Crippen molar-refractivity contribution in [1.82, 2.24) is 9.62 Å². The molecular weight excluding hydrogens is 375 g/mol. The Morgan fingerprint density at radius 1 is 1.19 bits per heavy atom. The fraction of sp³-hybridized carbons (Fsp3) is 0.444. The highest BCUT2D eigenvalue weighted by Gasteiger charge is 2.24. The highest BCUT2D eigenvalue weighted by Crippen LogP contribution is 2.19. The van der Waals surface area contributed by atoms with Crippen molar-refractivity contribution in [2.24, 2.45) is 0 Å². The lowest BCUT2D eigenvalue weighted by molar-refractivity contribution is 0.189. The third-order valence-electron chi connectivity index (χ3n) is 4.37. The zero-order valence-electron chi connectivity index (χ0n) is 14.4. The van der Waals surface area contributed by atoms with Crippen molar-refractivity contribution in [2.45, 2.75) is 29.5 Å². The lowest BCUT2D eigenvalue weighted by Crippen LogP contribution is -2.44. The van der Waals surface area contributed by atoms with Crippen molar-refractivity contribution in [3.8, 4) is 5.75 Å². The Morgan fingerprint density at radius 2 is 1.92 bits per heavy atom. The van der Waals surface area contributed by atoms with E-state index < -0.39 is 10.0 Å². The molecular formula is C18H23FN2O3S2. The summed E-state index contributed by atoms with van der Waals surface area (Å²) in [6.45, 7) is 3.23. The summed E-state index contributed by atoms with van der Waals surface area (Å²) in [6, 6.07) is 9.39. The van der Waals surface area contributed by atoms with E-state index in [4.69, 9.17) is 4.74 Å². The molecule has 1 saturated heterocycles. The average Bonchev–Trinajstić information content (AvgIpc) is 3.17. The monoisotopic (exact) mass is 398 g/mol. The highest BCUT2D eigenvalue weighted by atomic mass is 32.2. The minimum Gasteiger partial charge on any atom is -0.494 e. The second-order valence-electron chi connectivity index (χ2n) is 6.33. The van der Waals surface area contributed by atoms with E-state index in [-0.39, 0.29) is 11.9 Å². The van der Waals surface area contributed by atoms with Gasteiger partial charge in [0.1, 0.15) is 15.8 Å². The van der Waals surface area contributed by atoms with Crippen molar-refractivity contribution in [2.75, 3.05) is 26.2 Å². The molecule has 3 rings (SSSR count). The first-order valence-corrected chi connectivity index (χ1v) is 11.1. The molecule has 1 N–H and O–H groups in total. The molecule has 0 radical (unpaired) electrons. The fourth-order valence-corrected chi connectivity index (χ4v) is 5.29. The van der Waals surface area contributed by atoms with Crippen LogP contribution in [0.1, 0.15) is 19.3 Å². The van der Waals surface area contributed by atoms with Gasteiger partial charge in [0.05, 0.1) is 6.61 Å². The number of nitrogens with one attached hydrogen (secondary N) is 1. The van der Waals surface area contributed by atoms with Gasteiger partial charge in [-0.3, -0.25) is 0 Å². The summed E-state index contributed by atoms with van der Waals surface area (Å²) >= 11 is 1.24. The zero-order valence-corrected chi connectivity index (χ0v) is 16.1. The van der Waals surface area contributed by atoms with Crippen LogP contribution in [0.25, 0.3) is 0 Å². The summed E-state index contributed by atoms with van der Waals surface area (Å²) in [4.78, 5) is 2.32. The Bertz CT molecular complexity index is 771. The van der Waals surface area contributed by atoms with Gasteiger partial charge in [-0.25, -0.2) is 17.5 Å². The van der Waals surface area contributed by atoms with E-state index in [1.807, 2.05) is 0 Å². The summed E-state index contributed by atoms with van der Waals surface area (Å²) in [5.74, 6) is 0.406.